The van der Waals surface area contributed by atoms with Crippen molar-refractivity contribution in [1.82, 2.24) is 14.1 Å². The number of hydrogen-bond acceptors (Lipinski definition) is 2. The second-order valence-corrected chi connectivity index (χ2v) is 14.2. The molecule has 0 aliphatic heterocycles. The van der Waals surface area contributed by atoms with Crippen LogP contribution in [0, 0.1) is 0 Å². The van der Waals surface area contributed by atoms with E-state index in [0.29, 0.717) is 0 Å². The van der Waals surface area contributed by atoms with E-state index < -0.39 is 0 Å². The second-order valence-electron chi connectivity index (χ2n) is 13.1. The standard InChI is InChI=1S/C47H29N3S/c1-3-14-30(15-4-1)32-26-27-37(31-16-5-2-6-17-31)48-47(32)50-39-23-11-8-20-36(39)45-41(50)29-28-40-44(45)35-19-7-10-22-38(35)49(40)42-24-13-21-34-33-18-9-12-25-43(33)51-46(34)42/h1-29H. The fourth-order valence-corrected chi connectivity index (χ4v) is 9.35. The normalized spacial score (nSPS) is 11.9. The molecule has 0 saturated carbocycles. The lowest BCUT2D eigenvalue weighted by molar-refractivity contribution is 1.09. The molecule has 0 fully saturated rings. The van der Waals surface area contributed by atoms with Gasteiger partial charge in [0.05, 0.1) is 38.1 Å². The summed E-state index contributed by atoms with van der Waals surface area (Å²) in [5.41, 5.74) is 10.2. The summed E-state index contributed by atoms with van der Waals surface area (Å²) in [5, 5.41) is 7.57. The molecule has 0 aliphatic rings. The molecule has 7 aromatic carbocycles. The van der Waals surface area contributed by atoms with Crippen LogP contribution in [0.25, 0.3) is 97.7 Å². The molecule has 0 atom stereocenters. The van der Waals surface area contributed by atoms with E-state index >= 15 is 0 Å². The molecule has 0 bridgehead atoms. The molecule has 0 radical (unpaired) electrons. The van der Waals surface area contributed by atoms with Gasteiger partial charge in [-0.05, 0) is 54.1 Å². The predicted molar refractivity (Wildman–Crippen MR) is 217 cm³/mol. The molecule has 51 heavy (non-hydrogen) atoms. The summed E-state index contributed by atoms with van der Waals surface area (Å²) in [6.45, 7) is 0. The van der Waals surface area contributed by atoms with Crippen molar-refractivity contribution in [3.8, 4) is 33.9 Å². The lowest BCUT2D eigenvalue weighted by Gasteiger charge is -2.15. The summed E-state index contributed by atoms with van der Waals surface area (Å²) in [5.74, 6) is 0.923. The van der Waals surface area contributed by atoms with Crippen molar-refractivity contribution in [3.63, 3.8) is 0 Å². The third-order valence-corrected chi connectivity index (χ3v) is 11.5. The van der Waals surface area contributed by atoms with E-state index in [9.17, 15) is 0 Å². The van der Waals surface area contributed by atoms with Crippen LogP contribution in [0.15, 0.2) is 176 Å². The summed E-state index contributed by atoms with van der Waals surface area (Å²) in [6.07, 6.45) is 0. The van der Waals surface area contributed by atoms with Crippen LogP contribution in [0.5, 0.6) is 0 Å². The third kappa shape index (κ3) is 4.14. The average molecular weight is 668 g/mol. The van der Waals surface area contributed by atoms with E-state index in [4.69, 9.17) is 4.98 Å². The number of para-hydroxylation sites is 2. The smallest absolute Gasteiger partial charge is 0.146 e. The largest absolute Gasteiger partial charge is 0.308 e. The molecular formula is C47H29N3S. The summed E-state index contributed by atoms with van der Waals surface area (Å²) in [6, 6.07) is 63.3. The van der Waals surface area contributed by atoms with Gasteiger partial charge in [-0.3, -0.25) is 4.57 Å². The monoisotopic (exact) mass is 667 g/mol. The molecule has 0 unspecified atom stereocenters. The molecule has 4 heterocycles. The maximum Gasteiger partial charge on any atom is 0.146 e. The number of aromatic nitrogens is 3. The van der Waals surface area contributed by atoms with E-state index in [1.54, 1.807) is 0 Å². The first-order valence-electron chi connectivity index (χ1n) is 17.3. The van der Waals surface area contributed by atoms with Crippen molar-refractivity contribution in [2.45, 2.75) is 0 Å². The van der Waals surface area contributed by atoms with Crippen LogP contribution in [0.2, 0.25) is 0 Å². The zero-order chi connectivity index (χ0) is 33.5. The van der Waals surface area contributed by atoms with Crippen molar-refractivity contribution in [2.24, 2.45) is 0 Å². The Balaban J connectivity index is 1.27. The van der Waals surface area contributed by atoms with Crippen LogP contribution in [-0.4, -0.2) is 14.1 Å². The molecule has 0 N–H and O–H groups in total. The van der Waals surface area contributed by atoms with Crippen LogP contribution in [-0.2, 0) is 0 Å². The Morgan fingerprint density at radius 1 is 0.392 bits per heavy atom. The van der Waals surface area contributed by atoms with Crippen LogP contribution >= 0.6 is 11.3 Å². The Kier molecular flexibility index (Phi) is 6.12. The van der Waals surface area contributed by atoms with Gasteiger partial charge in [0.15, 0.2) is 0 Å². The first-order valence-corrected chi connectivity index (χ1v) is 18.1. The van der Waals surface area contributed by atoms with Gasteiger partial charge < -0.3 is 4.57 Å². The minimum atomic E-state index is 0.923. The minimum Gasteiger partial charge on any atom is -0.308 e. The van der Waals surface area contributed by atoms with Crippen molar-refractivity contribution in [2.75, 3.05) is 0 Å². The molecule has 3 nitrogen and oxygen atoms in total. The van der Waals surface area contributed by atoms with Gasteiger partial charge in [-0.2, -0.15) is 0 Å². The third-order valence-electron chi connectivity index (χ3n) is 10.3. The number of hydrogen-bond donors (Lipinski definition) is 0. The van der Waals surface area contributed by atoms with Crippen molar-refractivity contribution >= 4 is 75.1 Å². The molecule has 0 amide bonds. The van der Waals surface area contributed by atoms with Gasteiger partial charge in [-0.15, -0.1) is 11.3 Å². The van der Waals surface area contributed by atoms with Gasteiger partial charge in [0, 0.05) is 48.1 Å². The number of nitrogens with zero attached hydrogens (tertiary/aromatic N) is 3. The highest BCUT2D eigenvalue weighted by molar-refractivity contribution is 7.26. The van der Waals surface area contributed by atoms with Gasteiger partial charge in [0.1, 0.15) is 5.82 Å². The Hall–Kier alpha value is -6.49. The SMILES string of the molecule is c1ccc(-c2ccc(-c3ccccc3)c(-n3c4ccccc4c4c5c6ccccc6n(-c6cccc7c6sc6ccccc67)c5ccc43)n2)cc1. The minimum absolute atomic E-state index is 0.923. The van der Waals surface area contributed by atoms with Gasteiger partial charge in [-0.25, -0.2) is 4.98 Å². The lowest BCUT2D eigenvalue weighted by atomic mass is 10.0. The second kappa shape index (κ2) is 11.0. The summed E-state index contributed by atoms with van der Waals surface area (Å²) < 4.78 is 7.49. The van der Waals surface area contributed by atoms with Crippen molar-refractivity contribution in [3.05, 3.63) is 176 Å². The van der Waals surface area contributed by atoms with E-state index in [1.807, 2.05) is 11.3 Å². The number of thiophene rings is 1. The maximum absolute atomic E-state index is 5.47. The van der Waals surface area contributed by atoms with E-state index in [1.165, 1.54) is 58.4 Å². The number of fused-ring (bicyclic) bond motifs is 10. The molecule has 0 aliphatic carbocycles. The lowest BCUT2D eigenvalue weighted by Crippen LogP contribution is -2.02. The van der Waals surface area contributed by atoms with Crippen molar-refractivity contribution < 1.29 is 0 Å². The first-order chi connectivity index (χ1) is 25.3. The topological polar surface area (TPSA) is 22.8 Å². The molecule has 4 aromatic heterocycles. The summed E-state index contributed by atoms with van der Waals surface area (Å²) in [4.78, 5) is 5.47. The van der Waals surface area contributed by atoms with Crippen LogP contribution < -0.4 is 0 Å². The first kappa shape index (κ1) is 28.4. The Labute approximate surface area is 297 Å². The van der Waals surface area contributed by atoms with Gasteiger partial charge in [0.25, 0.3) is 0 Å². The van der Waals surface area contributed by atoms with E-state index in [2.05, 4.69) is 185 Å². The highest BCUT2D eigenvalue weighted by Gasteiger charge is 2.23. The zero-order valence-electron chi connectivity index (χ0n) is 27.5. The molecule has 238 valence electrons. The fourth-order valence-electron chi connectivity index (χ4n) is 8.15. The van der Waals surface area contributed by atoms with E-state index in [0.717, 1.165) is 39.2 Å². The molecular weight excluding hydrogens is 639 g/mol. The maximum atomic E-state index is 5.47. The van der Waals surface area contributed by atoms with E-state index in [-0.39, 0.29) is 0 Å². The van der Waals surface area contributed by atoms with Gasteiger partial charge >= 0.3 is 0 Å². The highest BCUT2D eigenvalue weighted by Crippen LogP contribution is 2.45. The van der Waals surface area contributed by atoms with Gasteiger partial charge in [0.2, 0.25) is 0 Å². The van der Waals surface area contributed by atoms with Crippen LogP contribution in [0.4, 0.5) is 0 Å². The summed E-state index contributed by atoms with van der Waals surface area (Å²) >= 11 is 1.88. The quantitative estimate of drug-likeness (QED) is 0.183. The van der Waals surface area contributed by atoms with Crippen LogP contribution in [0.1, 0.15) is 0 Å². The van der Waals surface area contributed by atoms with Gasteiger partial charge in [-0.1, -0.05) is 127 Å². The summed E-state index contributed by atoms with van der Waals surface area (Å²) in [7, 11) is 0. The van der Waals surface area contributed by atoms with Crippen LogP contribution in [0.3, 0.4) is 0 Å². The number of pyridine rings is 1. The highest BCUT2D eigenvalue weighted by atomic mass is 32.1. The molecule has 0 spiro atoms. The molecule has 11 rings (SSSR count). The Morgan fingerprint density at radius 3 is 1.69 bits per heavy atom. The zero-order valence-corrected chi connectivity index (χ0v) is 28.3. The number of rotatable bonds is 4. The molecule has 4 heteroatoms. The van der Waals surface area contributed by atoms with Crippen molar-refractivity contribution in [1.29, 1.82) is 0 Å². The number of benzene rings is 7. The Morgan fingerprint density at radius 2 is 0.961 bits per heavy atom. The fraction of sp³-hybridized carbons (Fsp3) is 0. The average Bonchev–Trinajstić information content (AvgIpc) is 3.86. The Bertz CT molecular complexity index is 3130. The molecule has 11 aromatic rings. The molecule has 0 saturated heterocycles. The predicted octanol–water partition coefficient (Wildman–Crippen LogP) is 13.0.